The molecule has 5 heteroatoms. The third-order valence-electron chi connectivity index (χ3n) is 3.00. The molecule has 0 amide bonds. The number of aromatic carboxylic acids is 1. The van der Waals surface area contributed by atoms with Gasteiger partial charge in [-0.1, -0.05) is 19.9 Å². The lowest BCUT2D eigenvalue weighted by Crippen LogP contribution is -2.01. The van der Waals surface area contributed by atoms with E-state index in [1.54, 1.807) is 7.11 Å². The maximum Gasteiger partial charge on any atom is 0.354 e. The Labute approximate surface area is 111 Å². The van der Waals surface area contributed by atoms with Gasteiger partial charge in [0.2, 0.25) is 0 Å². The van der Waals surface area contributed by atoms with Gasteiger partial charge < -0.3 is 14.8 Å². The van der Waals surface area contributed by atoms with Crippen LogP contribution in [0.15, 0.2) is 24.5 Å². The van der Waals surface area contributed by atoms with Crippen molar-refractivity contribution in [1.82, 2.24) is 9.97 Å². The highest BCUT2D eigenvalue weighted by Gasteiger charge is 2.18. The van der Waals surface area contributed by atoms with Crippen molar-refractivity contribution < 1.29 is 14.6 Å². The quantitative estimate of drug-likeness (QED) is 0.886. The summed E-state index contributed by atoms with van der Waals surface area (Å²) >= 11 is 0. The number of benzene rings is 1. The molecule has 1 heterocycles. The first-order valence-corrected chi connectivity index (χ1v) is 5.99. The molecule has 0 aliphatic carbocycles. The van der Waals surface area contributed by atoms with Gasteiger partial charge in [-0.05, 0) is 23.6 Å². The monoisotopic (exact) mass is 260 g/mol. The summed E-state index contributed by atoms with van der Waals surface area (Å²) in [6.07, 6.45) is 1.38. The summed E-state index contributed by atoms with van der Waals surface area (Å²) in [5.41, 5.74) is 2.26. The van der Waals surface area contributed by atoms with Crippen LogP contribution < -0.4 is 4.74 Å². The molecule has 1 aromatic heterocycles. The number of aromatic amines is 1. The van der Waals surface area contributed by atoms with Gasteiger partial charge in [-0.15, -0.1) is 0 Å². The molecule has 0 unspecified atom stereocenters. The van der Waals surface area contributed by atoms with Gasteiger partial charge in [-0.3, -0.25) is 0 Å². The fraction of sp³-hybridized carbons (Fsp3) is 0.286. The zero-order valence-corrected chi connectivity index (χ0v) is 11.1. The van der Waals surface area contributed by atoms with Crippen LogP contribution in [0.2, 0.25) is 0 Å². The molecule has 2 rings (SSSR count). The molecule has 0 atom stereocenters. The third kappa shape index (κ3) is 2.45. The number of hydrogen-bond acceptors (Lipinski definition) is 3. The second kappa shape index (κ2) is 5.14. The maximum atomic E-state index is 11.2. The van der Waals surface area contributed by atoms with E-state index in [1.807, 2.05) is 18.2 Å². The molecule has 0 bridgehead atoms. The Kier molecular flexibility index (Phi) is 3.55. The highest BCUT2D eigenvalue weighted by atomic mass is 16.5. The van der Waals surface area contributed by atoms with Crippen molar-refractivity contribution in [3.05, 3.63) is 35.8 Å². The van der Waals surface area contributed by atoms with Gasteiger partial charge in [0.1, 0.15) is 11.4 Å². The molecule has 1 aromatic carbocycles. The molecule has 5 nitrogen and oxygen atoms in total. The topological polar surface area (TPSA) is 75.2 Å². The zero-order chi connectivity index (χ0) is 14.0. The smallest absolute Gasteiger partial charge is 0.354 e. The minimum atomic E-state index is -1.04. The fourth-order valence-electron chi connectivity index (χ4n) is 1.93. The number of H-pyrrole nitrogens is 1. The van der Waals surface area contributed by atoms with Gasteiger partial charge in [0, 0.05) is 5.56 Å². The van der Waals surface area contributed by atoms with Crippen molar-refractivity contribution in [2.75, 3.05) is 7.11 Å². The number of methoxy groups -OCH3 is 1. The van der Waals surface area contributed by atoms with E-state index < -0.39 is 5.97 Å². The zero-order valence-electron chi connectivity index (χ0n) is 11.1. The summed E-state index contributed by atoms with van der Waals surface area (Å²) in [5.74, 6) is -0.0830. The molecule has 0 aliphatic rings. The average molecular weight is 260 g/mol. The van der Waals surface area contributed by atoms with Gasteiger partial charge >= 0.3 is 5.97 Å². The standard InChI is InChI=1S/C14H16N2O3/c1-8(2)9-4-5-11(19-3)10(6-9)12-13(14(17)18)16-7-15-12/h4-8H,1-3H3,(H,15,16)(H,17,18). The van der Waals surface area contributed by atoms with Crippen LogP contribution in [-0.4, -0.2) is 28.2 Å². The molecule has 0 radical (unpaired) electrons. The van der Waals surface area contributed by atoms with Gasteiger partial charge in [0.25, 0.3) is 0 Å². The fourth-order valence-corrected chi connectivity index (χ4v) is 1.93. The molecular weight excluding hydrogens is 244 g/mol. The summed E-state index contributed by atoms with van der Waals surface area (Å²) < 4.78 is 5.29. The molecule has 0 saturated carbocycles. The minimum Gasteiger partial charge on any atom is -0.496 e. The second-order valence-electron chi connectivity index (χ2n) is 4.55. The molecule has 0 aliphatic heterocycles. The van der Waals surface area contributed by atoms with Crippen molar-refractivity contribution >= 4 is 5.97 Å². The van der Waals surface area contributed by atoms with Crippen molar-refractivity contribution in [3.63, 3.8) is 0 Å². The molecule has 19 heavy (non-hydrogen) atoms. The Balaban J connectivity index is 2.62. The van der Waals surface area contributed by atoms with Crippen molar-refractivity contribution in [1.29, 1.82) is 0 Å². The summed E-state index contributed by atoms with van der Waals surface area (Å²) in [4.78, 5) is 17.9. The van der Waals surface area contributed by atoms with Gasteiger partial charge in [-0.2, -0.15) is 0 Å². The van der Waals surface area contributed by atoms with Crippen LogP contribution in [0.4, 0.5) is 0 Å². The van der Waals surface area contributed by atoms with Crippen LogP contribution in [0.1, 0.15) is 35.8 Å². The van der Waals surface area contributed by atoms with Crippen molar-refractivity contribution in [3.8, 4) is 17.0 Å². The van der Waals surface area contributed by atoms with Crippen LogP contribution >= 0.6 is 0 Å². The van der Waals surface area contributed by atoms with Crippen molar-refractivity contribution in [2.45, 2.75) is 19.8 Å². The summed E-state index contributed by atoms with van der Waals surface area (Å²) in [7, 11) is 1.56. The van der Waals surface area contributed by atoms with E-state index in [4.69, 9.17) is 9.84 Å². The lowest BCUT2D eigenvalue weighted by atomic mass is 9.98. The van der Waals surface area contributed by atoms with E-state index >= 15 is 0 Å². The Morgan fingerprint density at radius 1 is 1.42 bits per heavy atom. The Morgan fingerprint density at radius 2 is 2.16 bits per heavy atom. The van der Waals surface area contributed by atoms with Crippen LogP contribution in [-0.2, 0) is 0 Å². The predicted molar refractivity (Wildman–Crippen MR) is 71.6 cm³/mol. The number of carboxylic acids is 1. The number of ether oxygens (including phenoxy) is 1. The summed E-state index contributed by atoms with van der Waals surface area (Å²) in [6.45, 7) is 4.16. The number of imidazole rings is 1. The lowest BCUT2D eigenvalue weighted by molar-refractivity contribution is 0.0692. The van der Waals surface area contributed by atoms with Crippen LogP contribution in [0.25, 0.3) is 11.3 Å². The number of aromatic nitrogens is 2. The normalized spacial score (nSPS) is 10.7. The molecular formula is C14H16N2O3. The molecule has 0 spiro atoms. The van der Waals surface area contributed by atoms with Gasteiger partial charge in [-0.25, -0.2) is 9.78 Å². The number of nitrogens with one attached hydrogen (secondary N) is 1. The Morgan fingerprint density at radius 3 is 2.74 bits per heavy atom. The number of carboxylic acid groups (broad SMARTS) is 1. The maximum absolute atomic E-state index is 11.2. The molecule has 2 aromatic rings. The number of nitrogens with zero attached hydrogens (tertiary/aromatic N) is 1. The van der Waals surface area contributed by atoms with Gasteiger partial charge in [0.05, 0.1) is 13.4 Å². The van der Waals surface area contributed by atoms with Gasteiger partial charge in [0.15, 0.2) is 5.69 Å². The minimum absolute atomic E-state index is 0.0687. The van der Waals surface area contributed by atoms with E-state index in [2.05, 4.69) is 23.8 Å². The van der Waals surface area contributed by atoms with E-state index in [1.165, 1.54) is 6.33 Å². The average Bonchev–Trinajstić information content (AvgIpc) is 2.87. The third-order valence-corrected chi connectivity index (χ3v) is 3.00. The molecule has 0 saturated heterocycles. The Bertz CT molecular complexity index is 602. The first-order chi connectivity index (χ1) is 9.04. The largest absolute Gasteiger partial charge is 0.496 e. The lowest BCUT2D eigenvalue weighted by Gasteiger charge is -2.12. The first-order valence-electron chi connectivity index (χ1n) is 5.99. The van der Waals surface area contributed by atoms with Crippen LogP contribution in [0.3, 0.4) is 0 Å². The Hall–Kier alpha value is -2.30. The second-order valence-corrected chi connectivity index (χ2v) is 4.55. The predicted octanol–water partition coefficient (Wildman–Crippen LogP) is 2.91. The highest BCUT2D eigenvalue weighted by Crippen LogP contribution is 2.33. The van der Waals surface area contributed by atoms with Crippen LogP contribution in [0, 0.1) is 0 Å². The number of rotatable bonds is 4. The highest BCUT2D eigenvalue weighted by molar-refractivity contribution is 5.93. The molecule has 0 fully saturated rings. The SMILES string of the molecule is COc1ccc(C(C)C)cc1-c1nc[nH]c1C(=O)O. The van der Waals surface area contributed by atoms with E-state index in [0.717, 1.165) is 5.56 Å². The molecule has 100 valence electrons. The number of carbonyl (C=O) groups is 1. The van der Waals surface area contributed by atoms with E-state index in [-0.39, 0.29) is 5.69 Å². The van der Waals surface area contributed by atoms with Crippen LogP contribution in [0.5, 0.6) is 5.75 Å². The van der Waals surface area contributed by atoms with E-state index in [9.17, 15) is 4.79 Å². The molecule has 2 N–H and O–H groups in total. The summed E-state index contributed by atoms with van der Waals surface area (Å²) in [6, 6.07) is 5.73. The van der Waals surface area contributed by atoms with Crippen molar-refractivity contribution in [2.24, 2.45) is 0 Å². The summed E-state index contributed by atoms with van der Waals surface area (Å²) in [5, 5.41) is 9.15. The number of hydrogen-bond donors (Lipinski definition) is 2. The first kappa shape index (κ1) is 13.1. The van der Waals surface area contributed by atoms with E-state index in [0.29, 0.717) is 22.9 Å².